The average molecular weight is 207 g/mol. The molecule has 0 saturated carbocycles. The quantitative estimate of drug-likeness (QED) is 0.740. The number of halogens is 2. The smallest absolute Gasteiger partial charge is 0.237 e. The number of para-hydroxylation sites is 1. The molecule has 77 valence electrons. The van der Waals surface area contributed by atoms with E-state index in [4.69, 9.17) is 0 Å². The van der Waals surface area contributed by atoms with E-state index in [0.29, 0.717) is 11.4 Å². The summed E-state index contributed by atoms with van der Waals surface area (Å²) in [5.74, 6) is 0. The number of alkyl halides is 2. The van der Waals surface area contributed by atoms with Crippen LogP contribution in [0, 0.1) is 13.0 Å². The van der Waals surface area contributed by atoms with Gasteiger partial charge in [0.15, 0.2) is 0 Å². The van der Waals surface area contributed by atoms with Crippen LogP contribution in [0.5, 0.6) is 0 Å². The largest absolute Gasteiger partial charge is 0.265 e. The third-order valence-corrected chi connectivity index (χ3v) is 2.16. The maximum atomic E-state index is 12.7. The number of aryl methyl sites for hydroxylation is 1. The van der Waals surface area contributed by atoms with Gasteiger partial charge in [-0.25, -0.2) is 13.5 Å². The summed E-state index contributed by atoms with van der Waals surface area (Å²) in [6, 6.07) is 9.17. The van der Waals surface area contributed by atoms with Crippen LogP contribution in [0.4, 0.5) is 8.78 Å². The number of rotatable bonds is 2. The molecule has 1 radical (unpaired) electrons. The Morgan fingerprint density at radius 3 is 2.67 bits per heavy atom. The van der Waals surface area contributed by atoms with Crippen LogP contribution in [0.25, 0.3) is 5.69 Å². The molecule has 0 aliphatic heterocycles. The lowest BCUT2D eigenvalue weighted by atomic mass is 10.2. The Morgan fingerprint density at radius 2 is 2.07 bits per heavy atom. The van der Waals surface area contributed by atoms with Crippen LogP contribution in [-0.4, -0.2) is 9.78 Å². The predicted octanol–water partition coefficient (Wildman–Crippen LogP) is 2.92. The number of aromatic nitrogens is 2. The molecule has 1 aromatic carbocycles. The van der Waals surface area contributed by atoms with Crippen molar-refractivity contribution in [1.82, 2.24) is 9.78 Å². The average Bonchev–Trinajstić information content (AvgIpc) is 2.64. The lowest BCUT2D eigenvalue weighted by Gasteiger charge is -2.09. The van der Waals surface area contributed by atoms with Gasteiger partial charge in [0.25, 0.3) is 6.43 Å². The van der Waals surface area contributed by atoms with Crippen molar-refractivity contribution in [1.29, 1.82) is 0 Å². The van der Waals surface area contributed by atoms with Crippen molar-refractivity contribution < 1.29 is 8.78 Å². The zero-order chi connectivity index (χ0) is 10.8. The molecule has 2 nitrogen and oxygen atoms in total. The third-order valence-electron chi connectivity index (χ3n) is 2.16. The van der Waals surface area contributed by atoms with Crippen LogP contribution in [0.3, 0.4) is 0 Å². The molecule has 0 atom stereocenters. The van der Waals surface area contributed by atoms with Gasteiger partial charge >= 0.3 is 0 Å². The summed E-state index contributed by atoms with van der Waals surface area (Å²) in [6.07, 6.45) is -1.03. The molecular formula is C11H9F2N2. The predicted molar refractivity (Wildman–Crippen MR) is 52.1 cm³/mol. The van der Waals surface area contributed by atoms with E-state index in [9.17, 15) is 8.78 Å². The molecule has 0 unspecified atom stereocenters. The van der Waals surface area contributed by atoms with Gasteiger partial charge in [-0.3, -0.25) is 0 Å². The maximum Gasteiger partial charge on any atom is 0.265 e. The Morgan fingerprint density at radius 1 is 1.33 bits per heavy atom. The van der Waals surface area contributed by atoms with Gasteiger partial charge in [0.05, 0.1) is 11.9 Å². The highest BCUT2D eigenvalue weighted by Crippen LogP contribution is 2.25. The standard InChI is InChI=1S/C11H9F2N2/c1-8-6-7-14-15(8)10-5-3-2-4-9(10)11(12)13/h2-5,7,11H,1H3. The van der Waals surface area contributed by atoms with Gasteiger partial charge < -0.3 is 0 Å². The molecule has 0 amide bonds. The Bertz CT molecular complexity index is 463. The molecule has 1 heterocycles. The number of hydrogen-bond donors (Lipinski definition) is 0. The molecule has 2 rings (SSSR count). The topological polar surface area (TPSA) is 17.8 Å². The van der Waals surface area contributed by atoms with E-state index in [-0.39, 0.29) is 5.56 Å². The Kier molecular flexibility index (Phi) is 2.49. The van der Waals surface area contributed by atoms with E-state index in [1.165, 1.54) is 16.9 Å². The molecule has 0 aliphatic carbocycles. The second-order valence-electron chi connectivity index (χ2n) is 3.15. The van der Waals surface area contributed by atoms with Crippen molar-refractivity contribution >= 4 is 0 Å². The Balaban J connectivity index is 2.58. The summed E-state index contributed by atoms with van der Waals surface area (Å²) >= 11 is 0. The second kappa shape index (κ2) is 3.81. The summed E-state index contributed by atoms with van der Waals surface area (Å²) in [7, 11) is 0. The maximum absolute atomic E-state index is 12.7. The van der Waals surface area contributed by atoms with Crippen LogP contribution in [0.1, 0.15) is 17.7 Å². The van der Waals surface area contributed by atoms with Crippen molar-refractivity contribution in [2.75, 3.05) is 0 Å². The summed E-state index contributed by atoms with van der Waals surface area (Å²) in [5, 5.41) is 3.96. The monoisotopic (exact) mass is 207 g/mol. The van der Waals surface area contributed by atoms with E-state index in [1.54, 1.807) is 25.1 Å². The van der Waals surface area contributed by atoms with Gasteiger partial charge in [-0.2, -0.15) is 5.10 Å². The molecule has 2 aromatic rings. The minimum absolute atomic E-state index is 0.0160. The number of hydrogen-bond acceptors (Lipinski definition) is 1. The highest BCUT2D eigenvalue weighted by atomic mass is 19.3. The van der Waals surface area contributed by atoms with Crippen LogP contribution < -0.4 is 0 Å². The van der Waals surface area contributed by atoms with E-state index < -0.39 is 6.43 Å². The second-order valence-corrected chi connectivity index (χ2v) is 3.15. The molecule has 1 aromatic heterocycles. The summed E-state index contributed by atoms with van der Waals surface area (Å²) in [5.41, 5.74) is 1.10. The van der Waals surface area contributed by atoms with Crippen LogP contribution in [0.15, 0.2) is 30.5 Å². The zero-order valence-corrected chi connectivity index (χ0v) is 8.11. The van der Waals surface area contributed by atoms with Crippen molar-refractivity contribution in [2.45, 2.75) is 13.3 Å². The highest BCUT2D eigenvalue weighted by molar-refractivity contribution is 5.41. The number of nitrogens with zero attached hydrogens (tertiary/aromatic N) is 2. The van der Waals surface area contributed by atoms with Gasteiger partial charge in [-0.1, -0.05) is 18.2 Å². The molecule has 0 aliphatic rings. The minimum Gasteiger partial charge on any atom is -0.237 e. The molecule has 0 fully saturated rings. The summed E-state index contributed by atoms with van der Waals surface area (Å²) < 4.78 is 26.9. The first-order chi connectivity index (χ1) is 7.20. The molecule has 4 heteroatoms. The van der Waals surface area contributed by atoms with Crippen molar-refractivity contribution in [2.24, 2.45) is 0 Å². The molecule has 15 heavy (non-hydrogen) atoms. The van der Waals surface area contributed by atoms with Crippen molar-refractivity contribution in [3.05, 3.63) is 47.8 Å². The minimum atomic E-state index is -2.50. The van der Waals surface area contributed by atoms with E-state index in [2.05, 4.69) is 11.2 Å². The van der Waals surface area contributed by atoms with Crippen LogP contribution in [-0.2, 0) is 0 Å². The van der Waals surface area contributed by atoms with E-state index in [0.717, 1.165) is 0 Å². The zero-order valence-electron chi connectivity index (χ0n) is 8.11. The van der Waals surface area contributed by atoms with E-state index >= 15 is 0 Å². The van der Waals surface area contributed by atoms with E-state index in [1.807, 2.05) is 0 Å². The highest BCUT2D eigenvalue weighted by Gasteiger charge is 2.14. The van der Waals surface area contributed by atoms with Gasteiger partial charge in [0, 0.05) is 17.3 Å². The Labute approximate surface area is 86.2 Å². The van der Waals surface area contributed by atoms with Crippen molar-refractivity contribution in [3.8, 4) is 5.69 Å². The molecular weight excluding hydrogens is 198 g/mol. The number of benzene rings is 1. The third kappa shape index (κ3) is 1.75. The van der Waals surface area contributed by atoms with Crippen LogP contribution in [0.2, 0.25) is 0 Å². The lowest BCUT2D eigenvalue weighted by molar-refractivity contribution is 0.151. The normalized spacial score (nSPS) is 10.9. The molecule has 0 bridgehead atoms. The Hall–Kier alpha value is -1.71. The summed E-state index contributed by atoms with van der Waals surface area (Å²) in [6.45, 7) is 1.77. The van der Waals surface area contributed by atoms with Gasteiger partial charge in [-0.15, -0.1) is 0 Å². The molecule has 0 saturated heterocycles. The molecule has 0 N–H and O–H groups in total. The first kappa shape index (κ1) is 9.83. The van der Waals surface area contributed by atoms with Crippen LogP contribution >= 0.6 is 0 Å². The van der Waals surface area contributed by atoms with Gasteiger partial charge in [0.2, 0.25) is 0 Å². The SMILES string of the molecule is Cc1[c]cnn1-c1ccccc1C(F)F. The van der Waals surface area contributed by atoms with Gasteiger partial charge in [-0.05, 0) is 13.0 Å². The fourth-order valence-electron chi connectivity index (χ4n) is 1.44. The first-order valence-electron chi connectivity index (χ1n) is 4.50. The lowest BCUT2D eigenvalue weighted by Crippen LogP contribution is -2.03. The fourth-order valence-corrected chi connectivity index (χ4v) is 1.44. The van der Waals surface area contributed by atoms with Crippen molar-refractivity contribution in [3.63, 3.8) is 0 Å². The fraction of sp³-hybridized carbons (Fsp3) is 0.182. The summed E-state index contributed by atoms with van der Waals surface area (Å²) in [4.78, 5) is 0. The first-order valence-corrected chi connectivity index (χ1v) is 4.50. The molecule has 0 spiro atoms. The van der Waals surface area contributed by atoms with Gasteiger partial charge in [0.1, 0.15) is 0 Å².